The van der Waals surface area contributed by atoms with E-state index in [0.717, 1.165) is 25.8 Å². The number of aliphatic hydroxyl groups excluding tert-OH is 1. The van der Waals surface area contributed by atoms with Crippen LogP contribution in [0.5, 0.6) is 0 Å². The Bertz CT molecular complexity index is 292. The first-order valence-electron chi connectivity index (χ1n) is 6.68. The summed E-state index contributed by atoms with van der Waals surface area (Å²) in [7, 11) is -1.49. The van der Waals surface area contributed by atoms with Crippen molar-refractivity contribution in [1.29, 1.82) is 0 Å². The van der Waals surface area contributed by atoms with E-state index >= 15 is 0 Å². The van der Waals surface area contributed by atoms with Crippen LogP contribution in [0.3, 0.4) is 0 Å². The number of aliphatic hydroxyl groups is 1. The van der Waals surface area contributed by atoms with Crippen molar-refractivity contribution in [2.45, 2.75) is 45.6 Å². The number of hydrogen-bond donors (Lipinski definition) is 2. The SMILES string of the molecule is CC(C)NCCCS(=O)(=O)N(C)CCCCCO. The highest BCUT2D eigenvalue weighted by Crippen LogP contribution is 2.04. The Labute approximate surface area is 112 Å². The average Bonchev–Trinajstić information content (AvgIpc) is 2.30. The Morgan fingerprint density at radius 2 is 1.83 bits per heavy atom. The van der Waals surface area contributed by atoms with Gasteiger partial charge in [0.2, 0.25) is 10.0 Å². The summed E-state index contributed by atoms with van der Waals surface area (Å²) in [6.07, 6.45) is 3.06. The van der Waals surface area contributed by atoms with Crippen molar-refractivity contribution in [2.24, 2.45) is 0 Å². The van der Waals surface area contributed by atoms with E-state index in [1.807, 2.05) is 13.8 Å². The first kappa shape index (κ1) is 17.8. The fourth-order valence-corrected chi connectivity index (χ4v) is 2.79. The van der Waals surface area contributed by atoms with E-state index in [9.17, 15) is 8.42 Å². The Morgan fingerprint density at radius 3 is 2.39 bits per heavy atom. The molecule has 0 aromatic carbocycles. The molecule has 0 unspecified atom stereocenters. The van der Waals surface area contributed by atoms with Crippen LogP contribution in [-0.4, -0.2) is 56.4 Å². The van der Waals surface area contributed by atoms with Gasteiger partial charge in [0.15, 0.2) is 0 Å². The number of hydrogen-bond acceptors (Lipinski definition) is 4. The maximum Gasteiger partial charge on any atom is 0.213 e. The minimum Gasteiger partial charge on any atom is -0.396 e. The summed E-state index contributed by atoms with van der Waals surface area (Å²) < 4.78 is 25.2. The zero-order valence-corrected chi connectivity index (χ0v) is 12.7. The molecule has 0 aromatic rings. The van der Waals surface area contributed by atoms with Gasteiger partial charge in [-0.25, -0.2) is 12.7 Å². The molecule has 0 fully saturated rings. The Morgan fingerprint density at radius 1 is 1.17 bits per heavy atom. The molecule has 0 aromatic heterocycles. The topological polar surface area (TPSA) is 69.6 Å². The van der Waals surface area contributed by atoms with E-state index in [2.05, 4.69) is 5.32 Å². The highest BCUT2D eigenvalue weighted by molar-refractivity contribution is 7.89. The van der Waals surface area contributed by atoms with Crippen LogP contribution in [0.15, 0.2) is 0 Å². The fourth-order valence-electron chi connectivity index (χ4n) is 1.56. The minimum atomic E-state index is -3.11. The van der Waals surface area contributed by atoms with Crippen LogP contribution in [0.4, 0.5) is 0 Å². The van der Waals surface area contributed by atoms with Gasteiger partial charge in [-0.15, -0.1) is 0 Å². The van der Waals surface area contributed by atoms with E-state index in [1.165, 1.54) is 4.31 Å². The van der Waals surface area contributed by atoms with Crippen molar-refractivity contribution in [1.82, 2.24) is 9.62 Å². The molecule has 0 radical (unpaired) electrons. The van der Waals surface area contributed by atoms with E-state index in [4.69, 9.17) is 5.11 Å². The van der Waals surface area contributed by atoms with Gasteiger partial charge < -0.3 is 10.4 Å². The summed E-state index contributed by atoms with van der Waals surface area (Å²) in [5.41, 5.74) is 0. The second kappa shape index (κ2) is 9.72. The van der Waals surface area contributed by atoms with E-state index in [0.29, 0.717) is 19.0 Å². The van der Waals surface area contributed by atoms with Gasteiger partial charge in [0.25, 0.3) is 0 Å². The van der Waals surface area contributed by atoms with Crippen molar-refractivity contribution in [3.8, 4) is 0 Å². The van der Waals surface area contributed by atoms with Crippen LogP contribution < -0.4 is 5.32 Å². The van der Waals surface area contributed by atoms with Crippen molar-refractivity contribution < 1.29 is 13.5 Å². The Kier molecular flexibility index (Phi) is 9.63. The lowest BCUT2D eigenvalue weighted by atomic mass is 10.2. The minimum absolute atomic E-state index is 0.178. The van der Waals surface area contributed by atoms with E-state index in [1.54, 1.807) is 7.05 Å². The van der Waals surface area contributed by atoms with Crippen LogP contribution in [0.25, 0.3) is 0 Å². The number of sulfonamides is 1. The molecule has 5 nitrogen and oxygen atoms in total. The predicted molar refractivity (Wildman–Crippen MR) is 75.1 cm³/mol. The summed E-state index contributed by atoms with van der Waals surface area (Å²) in [6.45, 7) is 5.54. The molecule has 18 heavy (non-hydrogen) atoms. The number of nitrogens with zero attached hydrogens (tertiary/aromatic N) is 1. The van der Waals surface area contributed by atoms with Crippen molar-refractivity contribution in [2.75, 3.05) is 32.5 Å². The zero-order valence-electron chi connectivity index (χ0n) is 11.9. The molecule has 0 bridgehead atoms. The molecule has 0 aliphatic heterocycles. The lowest BCUT2D eigenvalue weighted by Crippen LogP contribution is -2.32. The van der Waals surface area contributed by atoms with Crippen molar-refractivity contribution in [3.63, 3.8) is 0 Å². The zero-order chi connectivity index (χ0) is 14.0. The quantitative estimate of drug-likeness (QED) is 0.549. The predicted octanol–water partition coefficient (Wildman–Crippen LogP) is 0.799. The third-order valence-electron chi connectivity index (χ3n) is 2.74. The van der Waals surface area contributed by atoms with Gasteiger partial charge in [0, 0.05) is 26.2 Å². The smallest absolute Gasteiger partial charge is 0.213 e. The molecule has 2 N–H and O–H groups in total. The largest absolute Gasteiger partial charge is 0.396 e. The molecule has 0 saturated heterocycles. The maximum absolute atomic E-state index is 11.9. The van der Waals surface area contributed by atoms with E-state index < -0.39 is 10.0 Å². The van der Waals surface area contributed by atoms with Crippen LogP contribution in [0.2, 0.25) is 0 Å². The summed E-state index contributed by atoms with van der Waals surface area (Å²) >= 11 is 0. The third-order valence-corrected chi connectivity index (χ3v) is 4.67. The molecular weight excluding hydrogens is 252 g/mol. The molecule has 0 aliphatic carbocycles. The van der Waals surface area contributed by atoms with Gasteiger partial charge in [0.1, 0.15) is 0 Å². The van der Waals surface area contributed by atoms with E-state index in [-0.39, 0.29) is 12.4 Å². The highest BCUT2D eigenvalue weighted by atomic mass is 32.2. The third kappa shape index (κ3) is 8.85. The normalized spacial score (nSPS) is 12.6. The first-order valence-corrected chi connectivity index (χ1v) is 8.29. The number of nitrogens with one attached hydrogen (secondary N) is 1. The molecule has 0 spiro atoms. The van der Waals surface area contributed by atoms with Gasteiger partial charge in [0.05, 0.1) is 5.75 Å². The molecule has 0 aliphatic rings. The van der Waals surface area contributed by atoms with Gasteiger partial charge >= 0.3 is 0 Å². The second-order valence-electron chi connectivity index (χ2n) is 4.88. The Balaban J connectivity index is 3.82. The molecule has 110 valence electrons. The second-order valence-corrected chi connectivity index (χ2v) is 7.08. The lowest BCUT2D eigenvalue weighted by molar-refractivity contribution is 0.281. The molecule has 0 heterocycles. The fraction of sp³-hybridized carbons (Fsp3) is 1.00. The number of unbranched alkanes of at least 4 members (excludes halogenated alkanes) is 2. The monoisotopic (exact) mass is 280 g/mol. The maximum atomic E-state index is 11.9. The number of rotatable bonds is 11. The van der Waals surface area contributed by atoms with Gasteiger partial charge in [-0.2, -0.15) is 0 Å². The summed E-state index contributed by atoms with van der Waals surface area (Å²) in [4.78, 5) is 0. The standard InChI is InChI=1S/C12H28N2O3S/c1-12(2)13-8-7-11-18(16,17)14(3)9-5-4-6-10-15/h12-13,15H,4-11H2,1-3H3. The molecule has 0 amide bonds. The van der Waals surface area contributed by atoms with Crippen LogP contribution >= 0.6 is 0 Å². The van der Waals surface area contributed by atoms with Gasteiger partial charge in [-0.1, -0.05) is 13.8 Å². The molecule has 0 rings (SSSR count). The summed E-state index contributed by atoms with van der Waals surface area (Å²) in [5, 5.41) is 11.8. The van der Waals surface area contributed by atoms with Crippen molar-refractivity contribution >= 4 is 10.0 Å². The molecular formula is C12H28N2O3S. The van der Waals surface area contributed by atoms with Gasteiger partial charge in [-0.3, -0.25) is 0 Å². The van der Waals surface area contributed by atoms with Gasteiger partial charge in [-0.05, 0) is 32.2 Å². The van der Waals surface area contributed by atoms with Crippen molar-refractivity contribution in [3.05, 3.63) is 0 Å². The molecule has 0 atom stereocenters. The Hall–Kier alpha value is -0.170. The first-order chi connectivity index (χ1) is 8.40. The molecule has 6 heteroatoms. The summed E-state index contributed by atoms with van der Waals surface area (Å²) in [5.74, 6) is 0.198. The van der Waals surface area contributed by atoms with Crippen LogP contribution in [0.1, 0.15) is 39.5 Å². The van der Waals surface area contributed by atoms with Crippen LogP contribution in [0, 0.1) is 0 Å². The lowest BCUT2D eigenvalue weighted by Gasteiger charge is -2.17. The van der Waals surface area contributed by atoms with Crippen LogP contribution in [-0.2, 0) is 10.0 Å². The average molecular weight is 280 g/mol. The summed E-state index contributed by atoms with van der Waals surface area (Å²) in [6, 6.07) is 0.393. The highest BCUT2D eigenvalue weighted by Gasteiger charge is 2.16. The molecule has 0 saturated carbocycles.